The number of aliphatic hydroxyl groups excluding tert-OH is 1. The molecule has 46 heavy (non-hydrogen) atoms. The fraction of sp³-hybridized carbons (Fsp3) is 0.618. The van der Waals surface area contributed by atoms with Crippen molar-refractivity contribution >= 4 is 35.1 Å². The van der Waals surface area contributed by atoms with E-state index in [1.165, 1.54) is 22.5 Å². The summed E-state index contributed by atoms with van der Waals surface area (Å²) in [4.78, 5) is 63.3. The van der Waals surface area contributed by atoms with Crippen LogP contribution in [0.3, 0.4) is 0 Å². The van der Waals surface area contributed by atoms with Gasteiger partial charge in [0.15, 0.2) is 12.3 Å². The van der Waals surface area contributed by atoms with Crippen LogP contribution in [0.1, 0.15) is 71.7 Å². The topological polar surface area (TPSA) is 119 Å². The molecule has 1 N–H and O–H groups in total. The van der Waals surface area contributed by atoms with Crippen molar-refractivity contribution in [2.24, 2.45) is 11.3 Å². The Morgan fingerprint density at radius 2 is 2.00 bits per heavy atom. The maximum absolute atomic E-state index is 14.3. The minimum Gasteiger partial charge on any atom is -0.396 e. The van der Waals surface area contributed by atoms with Gasteiger partial charge in [0.25, 0.3) is 11.8 Å². The molecular formula is C34H48N6O5S. The van der Waals surface area contributed by atoms with Gasteiger partial charge in [0.1, 0.15) is 11.0 Å². The Morgan fingerprint density at radius 1 is 1.20 bits per heavy atom. The number of pyridine rings is 1. The molecule has 0 unspecified atom stereocenters. The average molecular weight is 653 g/mol. The molecule has 11 nitrogen and oxygen atoms in total. The van der Waals surface area contributed by atoms with Gasteiger partial charge in [-0.05, 0) is 68.2 Å². The van der Waals surface area contributed by atoms with Gasteiger partial charge in [0.2, 0.25) is 5.91 Å². The second-order valence-corrected chi connectivity index (χ2v) is 15.1. The van der Waals surface area contributed by atoms with Crippen LogP contribution in [0.2, 0.25) is 0 Å². The molecule has 250 valence electrons. The lowest BCUT2D eigenvalue weighted by molar-refractivity contribution is -0.275. The normalized spacial score (nSPS) is 24.5. The fourth-order valence-electron chi connectivity index (χ4n) is 6.59. The minimum atomic E-state index is -0.860. The van der Waals surface area contributed by atoms with Crippen molar-refractivity contribution in [2.75, 3.05) is 32.8 Å². The molecule has 0 bridgehead atoms. The predicted molar refractivity (Wildman–Crippen MR) is 177 cm³/mol. The number of hydrogen-bond donors (Lipinski definition) is 1. The number of carbonyl (C=O) groups excluding carboxylic acids is 3. The van der Waals surface area contributed by atoms with E-state index in [1.807, 2.05) is 36.3 Å². The lowest BCUT2D eigenvalue weighted by atomic mass is 9.85. The van der Waals surface area contributed by atoms with Crippen molar-refractivity contribution in [3.63, 3.8) is 0 Å². The molecule has 2 aromatic rings. The van der Waals surface area contributed by atoms with Crippen LogP contribution >= 0.6 is 11.3 Å². The summed E-state index contributed by atoms with van der Waals surface area (Å²) in [7, 11) is 0. The van der Waals surface area contributed by atoms with Gasteiger partial charge in [-0.1, -0.05) is 34.6 Å². The summed E-state index contributed by atoms with van der Waals surface area (Å²) in [6.07, 6.45) is 8.35. The van der Waals surface area contributed by atoms with Crippen molar-refractivity contribution < 1.29 is 24.3 Å². The highest BCUT2D eigenvalue weighted by Gasteiger charge is 2.54. The molecule has 3 aliphatic rings. The third-order valence-corrected chi connectivity index (χ3v) is 9.56. The zero-order valence-corrected chi connectivity index (χ0v) is 28.5. The van der Waals surface area contributed by atoms with Gasteiger partial charge in [-0.2, -0.15) is 5.06 Å². The highest BCUT2D eigenvalue weighted by Crippen LogP contribution is 2.36. The number of aliphatic hydroxyl groups is 1. The number of piperazine rings is 1. The molecule has 3 aliphatic heterocycles. The number of hydroxylamine groups is 2. The standard InChI is InChI=1S/C34H48N6O5S/c1-23(2)17-28-33(44)39-27(18-34(3,4)5)32(43)38(25-12-15-37(20-25)14-6-7-16-41)21-30(39)40(45-28)31(42)11-10-29-36-26(22-46-29)24-9-8-13-35-19-24/h8-11,13,19,22-23,25,27-28,30,41H,6-7,12,14-18,20-21H2,1-5H3/b11-10+/t25-,27-,28+,30-/m0/s1. The Bertz CT molecular complexity index is 1390. The highest BCUT2D eigenvalue weighted by molar-refractivity contribution is 7.10. The summed E-state index contributed by atoms with van der Waals surface area (Å²) in [5.41, 5.74) is 1.43. The molecule has 3 amide bonds. The van der Waals surface area contributed by atoms with Gasteiger partial charge >= 0.3 is 0 Å². The van der Waals surface area contributed by atoms with Crippen molar-refractivity contribution in [2.45, 2.75) is 91.1 Å². The van der Waals surface area contributed by atoms with E-state index < -0.39 is 24.2 Å². The van der Waals surface area contributed by atoms with Crippen molar-refractivity contribution in [1.29, 1.82) is 0 Å². The molecule has 2 aromatic heterocycles. The van der Waals surface area contributed by atoms with Crippen molar-refractivity contribution in [1.82, 2.24) is 29.7 Å². The van der Waals surface area contributed by atoms with E-state index in [4.69, 9.17) is 4.84 Å². The van der Waals surface area contributed by atoms with E-state index >= 15 is 0 Å². The fourth-order valence-corrected chi connectivity index (χ4v) is 7.31. The lowest BCUT2D eigenvalue weighted by Crippen LogP contribution is -2.74. The predicted octanol–water partition coefficient (Wildman–Crippen LogP) is 4.06. The molecule has 3 saturated heterocycles. The van der Waals surface area contributed by atoms with Crippen LogP contribution < -0.4 is 0 Å². The van der Waals surface area contributed by atoms with E-state index in [0.29, 0.717) is 17.8 Å². The van der Waals surface area contributed by atoms with Gasteiger partial charge in [-0.3, -0.25) is 24.2 Å². The number of amides is 3. The maximum Gasteiger partial charge on any atom is 0.272 e. The average Bonchev–Trinajstić information content (AvgIpc) is 3.68. The second kappa shape index (κ2) is 14.7. The van der Waals surface area contributed by atoms with E-state index in [9.17, 15) is 19.5 Å². The maximum atomic E-state index is 14.3. The zero-order valence-electron chi connectivity index (χ0n) is 27.7. The molecular weight excluding hydrogens is 604 g/mol. The van der Waals surface area contributed by atoms with E-state index in [2.05, 4.69) is 35.6 Å². The largest absolute Gasteiger partial charge is 0.396 e. The van der Waals surface area contributed by atoms with Gasteiger partial charge in [0, 0.05) is 55.2 Å². The Morgan fingerprint density at radius 3 is 2.70 bits per heavy atom. The number of nitrogens with zero attached hydrogens (tertiary/aromatic N) is 6. The summed E-state index contributed by atoms with van der Waals surface area (Å²) in [6, 6.07) is 3.07. The zero-order chi connectivity index (χ0) is 33.0. The van der Waals surface area contributed by atoms with Crippen molar-refractivity contribution in [3.05, 3.63) is 41.0 Å². The summed E-state index contributed by atoms with van der Waals surface area (Å²) >= 11 is 1.42. The summed E-state index contributed by atoms with van der Waals surface area (Å²) in [5, 5.41) is 13.1. The molecule has 0 aliphatic carbocycles. The molecule has 3 fully saturated rings. The first-order chi connectivity index (χ1) is 21.9. The first-order valence-electron chi connectivity index (χ1n) is 16.4. The van der Waals surface area contributed by atoms with Crippen LogP contribution in [0.15, 0.2) is 36.0 Å². The third-order valence-electron chi connectivity index (χ3n) is 8.75. The third kappa shape index (κ3) is 8.02. The van der Waals surface area contributed by atoms with Gasteiger partial charge < -0.3 is 19.8 Å². The summed E-state index contributed by atoms with van der Waals surface area (Å²) in [6.45, 7) is 13.1. The van der Waals surface area contributed by atoms with E-state index in [0.717, 1.165) is 50.2 Å². The number of likely N-dealkylation sites (tertiary alicyclic amines) is 1. The number of thiazole rings is 1. The molecule has 4 atom stereocenters. The van der Waals surface area contributed by atoms with Gasteiger partial charge in [-0.25, -0.2) is 4.98 Å². The van der Waals surface area contributed by atoms with Gasteiger partial charge in [-0.15, -0.1) is 11.3 Å². The smallest absolute Gasteiger partial charge is 0.272 e. The van der Waals surface area contributed by atoms with Gasteiger partial charge in [0.05, 0.1) is 12.2 Å². The molecule has 0 aromatic carbocycles. The van der Waals surface area contributed by atoms with E-state index in [1.54, 1.807) is 23.4 Å². The first kappa shape index (κ1) is 34.2. The van der Waals surface area contributed by atoms with Crippen LogP contribution in [0.25, 0.3) is 17.3 Å². The number of rotatable bonds is 11. The van der Waals surface area contributed by atoms with Crippen LogP contribution in [-0.4, -0.2) is 110 Å². The number of hydrogen-bond acceptors (Lipinski definition) is 9. The van der Waals surface area contributed by atoms with Crippen LogP contribution in [0.5, 0.6) is 0 Å². The second-order valence-electron chi connectivity index (χ2n) is 14.2. The van der Waals surface area contributed by atoms with Crippen molar-refractivity contribution in [3.8, 4) is 11.3 Å². The summed E-state index contributed by atoms with van der Waals surface area (Å²) < 4.78 is 0. The molecule has 0 radical (unpaired) electrons. The molecule has 5 heterocycles. The van der Waals surface area contributed by atoms with Crippen LogP contribution in [-0.2, 0) is 19.2 Å². The Balaban J connectivity index is 1.43. The van der Waals surface area contributed by atoms with Crippen LogP contribution in [0.4, 0.5) is 0 Å². The SMILES string of the molecule is CC(C)C[C@H]1ON(C(=O)/C=C/c2nc(-c3cccnc3)cs2)[C@H]2CN([C@H]3CCN(CCCCO)C3)C(=O)[C@H](CC(C)(C)C)N2C1=O. The van der Waals surface area contributed by atoms with Crippen LogP contribution in [0, 0.1) is 11.3 Å². The highest BCUT2D eigenvalue weighted by atomic mass is 32.1. The molecule has 12 heteroatoms. The number of unbranched alkanes of at least 4 members (excludes halogenated alkanes) is 1. The summed E-state index contributed by atoms with van der Waals surface area (Å²) in [5.74, 6) is -0.532. The molecule has 0 spiro atoms. The monoisotopic (exact) mass is 652 g/mol. The Hall–Kier alpha value is -3.19. The Labute approximate surface area is 276 Å². The molecule has 5 rings (SSSR count). The first-order valence-corrected chi connectivity index (χ1v) is 17.3. The Kier molecular flexibility index (Phi) is 10.9. The number of fused-ring (bicyclic) bond motifs is 1. The minimum absolute atomic E-state index is 0.0246. The van der Waals surface area contributed by atoms with E-state index in [-0.39, 0.29) is 42.3 Å². The quantitative estimate of drug-likeness (QED) is 0.285. The number of carbonyl (C=O) groups is 3. The lowest BCUT2D eigenvalue weighted by Gasteiger charge is -2.54. The molecule has 0 saturated carbocycles. The number of aromatic nitrogens is 2.